The molecule has 6 nitrogen and oxygen atoms in total. The Morgan fingerprint density at radius 1 is 1.26 bits per heavy atom. The molecule has 0 saturated carbocycles. The summed E-state index contributed by atoms with van der Waals surface area (Å²) in [4.78, 5) is 12.9. The van der Waals surface area contributed by atoms with E-state index < -0.39 is 10.0 Å². The van der Waals surface area contributed by atoms with Crippen molar-refractivity contribution in [3.63, 3.8) is 0 Å². The molecular weight excluding hydrogens is 436 g/mol. The minimum Gasteiger partial charge on any atom is -0.495 e. The summed E-state index contributed by atoms with van der Waals surface area (Å²) in [6.45, 7) is 2.50. The summed E-state index contributed by atoms with van der Waals surface area (Å²) < 4.78 is 33.0. The average molecular weight is 465 g/mol. The Balaban J connectivity index is 1.63. The lowest BCUT2D eigenvalue weighted by molar-refractivity contribution is -0.126. The number of carbonyl (C=O) groups excluding carboxylic acids is 1. The monoisotopic (exact) mass is 464 g/mol. The molecule has 1 amide bonds. The van der Waals surface area contributed by atoms with Crippen molar-refractivity contribution < 1.29 is 17.9 Å². The predicted molar refractivity (Wildman–Crippen MR) is 122 cm³/mol. The fraction of sp³-hybridized carbons (Fsp3) is 0.435. The van der Waals surface area contributed by atoms with E-state index in [1.54, 1.807) is 6.07 Å². The van der Waals surface area contributed by atoms with E-state index in [0.717, 1.165) is 12.8 Å². The van der Waals surface area contributed by atoms with Crippen LogP contribution in [0.25, 0.3) is 0 Å². The van der Waals surface area contributed by atoms with Gasteiger partial charge in [0.1, 0.15) is 10.6 Å². The van der Waals surface area contributed by atoms with E-state index in [1.165, 1.54) is 29.1 Å². The van der Waals surface area contributed by atoms with E-state index in [1.807, 2.05) is 25.1 Å². The minimum atomic E-state index is -3.82. The summed E-state index contributed by atoms with van der Waals surface area (Å²) in [5, 5.41) is 3.37. The van der Waals surface area contributed by atoms with Crippen LogP contribution in [0.15, 0.2) is 53.4 Å². The fourth-order valence-corrected chi connectivity index (χ4v) is 5.77. The zero-order valence-corrected chi connectivity index (χ0v) is 19.5. The molecule has 1 aliphatic rings. The van der Waals surface area contributed by atoms with E-state index in [9.17, 15) is 13.2 Å². The largest absolute Gasteiger partial charge is 0.495 e. The van der Waals surface area contributed by atoms with Crippen molar-refractivity contribution in [3.05, 3.63) is 59.1 Å². The number of methoxy groups -OCH3 is 1. The third kappa shape index (κ3) is 5.99. The third-order valence-electron chi connectivity index (χ3n) is 5.60. The van der Waals surface area contributed by atoms with Gasteiger partial charge in [-0.2, -0.15) is 4.31 Å². The van der Waals surface area contributed by atoms with Gasteiger partial charge in [-0.1, -0.05) is 41.9 Å². The molecular formula is C23H29ClN2O4S. The molecule has 1 N–H and O–H groups in total. The van der Waals surface area contributed by atoms with Gasteiger partial charge in [0.25, 0.3) is 0 Å². The second-order valence-corrected chi connectivity index (χ2v) is 10.3. The van der Waals surface area contributed by atoms with E-state index in [2.05, 4.69) is 17.4 Å². The summed E-state index contributed by atoms with van der Waals surface area (Å²) in [5.74, 6) is -0.239. The maximum absolute atomic E-state index is 13.2. The highest BCUT2D eigenvalue weighted by Crippen LogP contribution is 2.32. The van der Waals surface area contributed by atoms with Crippen LogP contribution in [0.4, 0.5) is 0 Å². The predicted octanol–water partition coefficient (Wildman–Crippen LogP) is 3.89. The second-order valence-electron chi connectivity index (χ2n) is 7.93. The number of ether oxygens (including phenoxy) is 1. The van der Waals surface area contributed by atoms with Crippen LogP contribution in [0.1, 0.15) is 31.7 Å². The number of aryl methyl sites for hydroxylation is 1. The molecule has 0 aliphatic carbocycles. The lowest BCUT2D eigenvalue weighted by Gasteiger charge is -2.32. The molecule has 0 unspecified atom stereocenters. The summed E-state index contributed by atoms with van der Waals surface area (Å²) in [6.07, 6.45) is 2.99. The van der Waals surface area contributed by atoms with E-state index >= 15 is 0 Å². The molecule has 2 atom stereocenters. The highest BCUT2D eigenvalue weighted by molar-refractivity contribution is 7.89. The lowest BCUT2D eigenvalue weighted by Crippen LogP contribution is -2.47. The summed E-state index contributed by atoms with van der Waals surface area (Å²) in [7, 11) is -2.40. The molecule has 1 heterocycles. The molecule has 3 rings (SSSR count). The number of hydrogen-bond donors (Lipinski definition) is 1. The fourth-order valence-electron chi connectivity index (χ4n) is 3.83. The molecule has 0 aromatic heterocycles. The van der Waals surface area contributed by atoms with Crippen molar-refractivity contribution in [2.45, 2.75) is 43.5 Å². The van der Waals surface area contributed by atoms with Crippen LogP contribution in [-0.4, -0.2) is 44.9 Å². The van der Waals surface area contributed by atoms with Crippen LogP contribution < -0.4 is 10.1 Å². The molecule has 31 heavy (non-hydrogen) atoms. The molecule has 0 bridgehead atoms. The normalized spacial score (nSPS) is 18.4. The maximum Gasteiger partial charge on any atom is 0.246 e. The first-order valence-corrected chi connectivity index (χ1v) is 12.3. The first-order valence-electron chi connectivity index (χ1n) is 10.5. The van der Waals surface area contributed by atoms with Crippen LogP contribution >= 0.6 is 11.6 Å². The topological polar surface area (TPSA) is 75.7 Å². The number of benzene rings is 2. The SMILES string of the molecule is COc1ccc(Cl)cc1S(=O)(=O)N1CCC[C@H](C(=O)N[C@H](C)CCc2ccccc2)C1. The average Bonchev–Trinajstić information content (AvgIpc) is 2.78. The van der Waals surface area contributed by atoms with Gasteiger partial charge in [-0.25, -0.2) is 8.42 Å². The van der Waals surface area contributed by atoms with Crippen molar-refractivity contribution in [1.82, 2.24) is 9.62 Å². The van der Waals surface area contributed by atoms with E-state index in [-0.39, 0.29) is 35.1 Å². The van der Waals surface area contributed by atoms with Crippen molar-refractivity contribution in [2.75, 3.05) is 20.2 Å². The van der Waals surface area contributed by atoms with Gasteiger partial charge in [-0.15, -0.1) is 0 Å². The standard InChI is InChI=1S/C23H29ClN2O4S/c1-17(10-11-18-7-4-3-5-8-18)25-23(27)19-9-6-14-26(16-19)31(28,29)22-15-20(24)12-13-21(22)30-2/h3-5,7-8,12-13,15,17,19H,6,9-11,14,16H2,1-2H3,(H,25,27)/t17-,19+/m1/s1. The molecule has 168 valence electrons. The highest BCUT2D eigenvalue weighted by atomic mass is 35.5. The van der Waals surface area contributed by atoms with Gasteiger partial charge in [-0.3, -0.25) is 4.79 Å². The van der Waals surface area contributed by atoms with E-state index in [4.69, 9.17) is 16.3 Å². The zero-order valence-electron chi connectivity index (χ0n) is 17.9. The van der Waals surface area contributed by atoms with Gasteiger partial charge >= 0.3 is 0 Å². The van der Waals surface area contributed by atoms with Gasteiger partial charge in [0.2, 0.25) is 15.9 Å². The van der Waals surface area contributed by atoms with Crippen LogP contribution in [0, 0.1) is 5.92 Å². The number of amides is 1. The van der Waals surface area contributed by atoms with Crippen LogP contribution in [0.5, 0.6) is 5.75 Å². The van der Waals surface area contributed by atoms with Gasteiger partial charge in [-0.05, 0) is 56.4 Å². The molecule has 1 saturated heterocycles. The Labute approximate surface area is 189 Å². The first-order chi connectivity index (χ1) is 14.8. The van der Waals surface area contributed by atoms with Gasteiger partial charge in [0.15, 0.2) is 0 Å². The van der Waals surface area contributed by atoms with Crippen LogP contribution in [0.3, 0.4) is 0 Å². The summed E-state index contributed by atoms with van der Waals surface area (Å²) in [6, 6.07) is 14.7. The molecule has 8 heteroatoms. The summed E-state index contributed by atoms with van der Waals surface area (Å²) in [5.41, 5.74) is 1.23. The first kappa shape index (κ1) is 23.6. The van der Waals surface area contributed by atoms with Crippen LogP contribution in [-0.2, 0) is 21.2 Å². The zero-order chi connectivity index (χ0) is 22.4. The number of nitrogens with one attached hydrogen (secondary N) is 1. The summed E-state index contributed by atoms with van der Waals surface area (Å²) >= 11 is 6.03. The lowest BCUT2D eigenvalue weighted by atomic mass is 9.98. The maximum atomic E-state index is 13.2. The number of rotatable bonds is 8. The number of halogens is 1. The Hall–Kier alpha value is -2.09. The molecule has 0 spiro atoms. The van der Waals surface area contributed by atoms with Gasteiger partial charge in [0.05, 0.1) is 13.0 Å². The molecule has 2 aromatic rings. The molecule has 1 aliphatic heterocycles. The number of nitrogens with zero attached hydrogens (tertiary/aromatic N) is 1. The number of piperidine rings is 1. The Morgan fingerprint density at radius 3 is 2.71 bits per heavy atom. The van der Waals surface area contributed by atoms with Crippen molar-refractivity contribution in [1.29, 1.82) is 0 Å². The Bertz CT molecular complexity index is 998. The van der Waals surface area contributed by atoms with Crippen molar-refractivity contribution >= 4 is 27.5 Å². The molecule has 2 aromatic carbocycles. The smallest absolute Gasteiger partial charge is 0.246 e. The minimum absolute atomic E-state index is 0.00714. The van der Waals surface area contributed by atoms with Crippen molar-refractivity contribution in [3.8, 4) is 5.75 Å². The second kappa shape index (κ2) is 10.5. The Morgan fingerprint density at radius 2 is 2.00 bits per heavy atom. The molecule has 1 fully saturated rings. The number of carbonyl (C=O) groups is 1. The van der Waals surface area contributed by atoms with E-state index in [0.29, 0.717) is 24.4 Å². The van der Waals surface area contributed by atoms with Gasteiger partial charge < -0.3 is 10.1 Å². The highest BCUT2D eigenvalue weighted by Gasteiger charge is 2.35. The quantitative estimate of drug-likeness (QED) is 0.643. The van der Waals surface area contributed by atoms with Crippen molar-refractivity contribution in [2.24, 2.45) is 5.92 Å². The van der Waals surface area contributed by atoms with Gasteiger partial charge in [0, 0.05) is 24.2 Å². The third-order valence-corrected chi connectivity index (χ3v) is 7.72. The Kier molecular flexibility index (Phi) is 7.97. The number of hydrogen-bond acceptors (Lipinski definition) is 4. The molecule has 0 radical (unpaired) electrons. The van der Waals surface area contributed by atoms with Crippen LogP contribution in [0.2, 0.25) is 5.02 Å². The number of sulfonamides is 1.